The predicted molar refractivity (Wildman–Crippen MR) is 510 cm³/mol. The van der Waals surface area contributed by atoms with Gasteiger partial charge in [-0.3, -0.25) is 57.6 Å². The number of rotatable bonds is 66. The SMILES string of the molecule is COCCOCCC(=O)C[C@H](C(=O)N[C@@H](C)C(=O)Cc1ccc(COC(=O)N2c3cc(OCCCCCOc4cc5c(cc4OC)C(=O)N4C=C(C)C[C@H]4[C@H](O)N5C(=O)OCc4ccc(CC(=O)[C@H](C)NC(=O)[C@@H](CC(=O)CCOCCOCCOCCOCCOCCOCCOCCOCCNC(=O)CCN5C(=O)C=CC5=O)C(C)C)cc4)c(OC)cc3C(=O)N3C=C(C)C[C@H]3[C@@H]2O)cc1)C(C)C.[HH]. The topological polar surface area (TPSA) is 462 Å². The first-order valence-corrected chi connectivity index (χ1v) is 47.7. The van der Waals surface area contributed by atoms with Crippen molar-refractivity contribution in [2.75, 3.05) is 183 Å². The Morgan fingerprint density at radius 2 is 0.779 bits per heavy atom. The standard InChI is InChI=1S/C101H138N8O31.H2/c1-65(2)77(55-75(110)26-32-128-36-35-125-9)94(117)103-69(7)85(112)53-71-15-19-73(20-16-71)63-139-100(123)108-81-59-89(87(126-10)57-79(81)96(119)106-61-67(5)51-83(106)98(108)121)137-30-13-12-14-31-138-90-60-82-80(58-88(90)127-11)97(120)107-62-68(6)52-84(107)99(122)109(82)101(124)140-64-74-21-17-72(18-22-74)54-86(113)70(8)104-95(118)78(66(3)4)56-76(111)27-33-129-37-39-131-41-43-133-45-47-135-49-50-136-48-46-134-44-42-132-40-38-130-34-28-102-91(114)25-29-105-92(115)23-24-93(105)116;/h15-24,57-62,65-66,69-70,77-78,83-84,98-99,121-122H,12-14,25-56,63-64H2,1-11H3,(H,102,114)(H,103,117)(H,104,118);1H/t69-,70-,77-,78-,83-,84-,98-,99-;/m0./s1. The lowest BCUT2D eigenvalue weighted by atomic mass is 9.88. The summed E-state index contributed by atoms with van der Waals surface area (Å²) in [4.78, 5) is 179. The molecule has 0 aromatic heterocycles. The number of ether oxygens (including phenoxy) is 16. The molecule has 0 fully saturated rings. The molecule has 4 aromatic carbocycles. The number of ketones is 4. The first-order valence-electron chi connectivity index (χ1n) is 47.7. The zero-order chi connectivity index (χ0) is 101. The van der Waals surface area contributed by atoms with Crippen LogP contribution in [0.3, 0.4) is 0 Å². The van der Waals surface area contributed by atoms with Crippen LogP contribution in [0.1, 0.15) is 164 Å². The Bertz CT molecular complexity index is 4860. The number of nitrogens with one attached hydrogen (secondary N) is 3. The molecule has 8 atom stereocenters. The molecule has 0 unspecified atom stereocenters. The Morgan fingerprint density at radius 3 is 1.14 bits per heavy atom. The van der Waals surface area contributed by atoms with Crippen molar-refractivity contribution in [3.63, 3.8) is 0 Å². The number of aliphatic hydroxyl groups is 2. The van der Waals surface area contributed by atoms with E-state index in [0.29, 0.717) is 147 Å². The van der Waals surface area contributed by atoms with Crippen LogP contribution < -0.4 is 44.7 Å². The maximum Gasteiger partial charge on any atom is 0.416 e. The lowest BCUT2D eigenvalue weighted by molar-refractivity contribution is -0.137. The summed E-state index contributed by atoms with van der Waals surface area (Å²) in [5.74, 6) is -4.82. The molecule has 5 heterocycles. The minimum Gasteiger partial charge on any atom is -0.493 e. The van der Waals surface area contributed by atoms with Gasteiger partial charge in [0.2, 0.25) is 17.7 Å². The number of Topliss-reactive ketones (excluding diaryl/α,β-unsaturated/α-hetero) is 4. The fourth-order valence-electron chi connectivity index (χ4n) is 15.9. The molecule has 0 radical (unpaired) electrons. The van der Waals surface area contributed by atoms with Gasteiger partial charge in [0.1, 0.15) is 24.8 Å². The van der Waals surface area contributed by atoms with Gasteiger partial charge in [0.15, 0.2) is 47.0 Å². The average Bonchev–Trinajstić information content (AvgIpc) is 1.61. The number of anilines is 2. The Morgan fingerprint density at radius 1 is 0.429 bits per heavy atom. The van der Waals surface area contributed by atoms with E-state index in [4.69, 9.17) is 75.8 Å². The molecule has 0 aliphatic carbocycles. The van der Waals surface area contributed by atoms with Crippen LogP contribution in [0.15, 0.2) is 108 Å². The van der Waals surface area contributed by atoms with Crippen molar-refractivity contribution in [3.8, 4) is 23.0 Å². The van der Waals surface area contributed by atoms with Gasteiger partial charge in [0.05, 0.1) is 200 Å². The van der Waals surface area contributed by atoms with Gasteiger partial charge in [-0.25, -0.2) is 19.4 Å². The summed E-state index contributed by atoms with van der Waals surface area (Å²) in [7, 11) is 4.37. The molecule has 0 bridgehead atoms. The molecule has 140 heavy (non-hydrogen) atoms. The van der Waals surface area contributed by atoms with Gasteiger partial charge in [-0.05, 0) is 106 Å². The number of hydrogen-bond acceptors (Lipinski definition) is 31. The molecule has 5 aliphatic heterocycles. The highest BCUT2D eigenvalue weighted by molar-refractivity contribution is 6.13. The number of amides is 9. The van der Waals surface area contributed by atoms with Crippen LogP contribution in [0.4, 0.5) is 21.0 Å². The van der Waals surface area contributed by atoms with E-state index in [-0.39, 0.29) is 205 Å². The highest BCUT2D eigenvalue weighted by Crippen LogP contribution is 2.45. The van der Waals surface area contributed by atoms with E-state index in [1.807, 2.05) is 41.5 Å². The lowest BCUT2D eigenvalue weighted by Crippen LogP contribution is -2.50. The molecule has 770 valence electrons. The Labute approximate surface area is 818 Å². The van der Waals surface area contributed by atoms with Gasteiger partial charge in [-0.2, -0.15) is 0 Å². The molecule has 39 heteroatoms. The van der Waals surface area contributed by atoms with Crippen molar-refractivity contribution in [1.29, 1.82) is 0 Å². The van der Waals surface area contributed by atoms with Gasteiger partial charge in [-0.1, -0.05) is 87.4 Å². The van der Waals surface area contributed by atoms with E-state index in [0.717, 1.165) is 25.8 Å². The number of imide groups is 1. The fraction of sp³-hybridized carbons (Fsp3) is 0.574. The molecule has 9 amide bonds. The van der Waals surface area contributed by atoms with E-state index in [1.165, 1.54) is 60.4 Å². The van der Waals surface area contributed by atoms with E-state index in [9.17, 15) is 72.5 Å². The monoisotopic (exact) mass is 1960 g/mol. The number of carbonyl (C=O) groups is 13. The molecule has 0 saturated carbocycles. The largest absolute Gasteiger partial charge is 0.493 e. The van der Waals surface area contributed by atoms with Gasteiger partial charge < -0.3 is 112 Å². The third kappa shape index (κ3) is 34.8. The number of carbonyl (C=O) groups excluding carboxylic acids is 13. The quantitative estimate of drug-likeness (QED) is 0.0204. The van der Waals surface area contributed by atoms with Gasteiger partial charge in [0.25, 0.3) is 23.6 Å². The molecule has 5 N–H and O–H groups in total. The van der Waals surface area contributed by atoms with E-state index >= 15 is 0 Å². The minimum atomic E-state index is -1.59. The highest BCUT2D eigenvalue weighted by atomic mass is 16.6. The Hall–Kier alpha value is -11.5. The maximum atomic E-state index is 14.5. The number of hydrogen-bond donors (Lipinski definition) is 5. The minimum absolute atomic E-state index is 0. The number of methoxy groups -OCH3 is 3. The molecule has 0 saturated heterocycles. The third-order valence-corrected chi connectivity index (χ3v) is 23.9. The summed E-state index contributed by atoms with van der Waals surface area (Å²) in [5, 5.41) is 32.5. The zero-order valence-corrected chi connectivity index (χ0v) is 82.1. The summed E-state index contributed by atoms with van der Waals surface area (Å²) in [5.41, 5.74) is 4.01. The van der Waals surface area contributed by atoms with Crippen LogP contribution in [0.2, 0.25) is 0 Å². The number of nitrogens with zero attached hydrogens (tertiary/aromatic N) is 5. The highest BCUT2D eigenvalue weighted by Gasteiger charge is 2.48. The van der Waals surface area contributed by atoms with Crippen molar-refractivity contribution >= 4 is 88.0 Å². The molecular weight excluding hydrogens is 1820 g/mol. The van der Waals surface area contributed by atoms with Crippen molar-refractivity contribution in [2.24, 2.45) is 23.7 Å². The second-order valence-electron chi connectivity index (χ2n) is 35.2. The number of benzene rings is 4. The molecule has 5 aliphatic rings. The summed E-state index contributed by atoms with van der Waals surface area (Å²) in [6.07, 6.45) is 2.65. The first kappa shape index (κ1) is 112. The fourth-order valence-corrected chi connectivity index (χ4v) is 15.9. The van der Waals surface area contributed by atoms with Crippen LogP contribution in [0, 0.1) is 23.7 Å². The smallest absolute Gasteiger partial charge is 0.416 e. The van der Waals surface area contributed by atoms with Crippen LogP contribution >= 0.6 is 0 Å². The second-order valence-corrected chi connectivity index (χ2v) is 35.2. The molecular formula is C101H140N8O31. The van der Waals surface area contributed by atoms with E-state index in [2.05, 4.69) is 16.0 Å². The van der Waals surface area contributed by atoms with Gasteiger partial charge in [-0.15, -0.1) is 0 Å². The Kier molecular flexibility index (Phi) is 47.0. The summed E-state index contributed by atoms with van der Waals surface area (Å²) < 4.78 is 90.5. The summed E-state index contributed by atoms with van der Waals surface area (Å²) in [6.45, 7) is 20.6. The van der Waals surface area contributed by atoms with Crippen molar-refractivity contribution in [3.05, 3.63) is 142 Å². The molecule has 39 nitrogen and oxygen atoms in total. The number of unbranched alkanes of at least 4 members (excludes halogenated alkanes) is 2. The van der Waals surface area contributed by atoms with Crippen LogP contribution in [0.5, 0.6) is 23.0 Å². The van der Waals surface area contributed by atoms with Crippen molar-refractivity contribution < 1.29 is 150 Å². The lowest BCUT2D eigenvalue weighted by Gasteiger charge is -2.31. The van der Waals surface area contributed by atoms with Crippen molar-refractivity contribution in [2.45, 2.75) is 182 Å². The maximum absolute atomic E-state index is 14.5. The van der Waals surface area contributed by atoms with Gasteiger partial charge in [0, 0.05) is 115 Å². The van der Waals surface area contributed by atoms with Crippen LogP contribution in [0.25, 0.3) is 0 Å². The zero-order valence-electron chi connectivity index (χ0n) is 82.1. The average molecular weight is 1960 g/mol. The normalized spacial score (nSPS) is 16.9. The first-order chi connectivity index (χ1) is 67.4. The molecule has 4 aromatic rings. The van der Waals surface area contributed by atoms with E-state index < -0.39 is 96.1 Å². The van der Waals surface area contributed by atoms with Crippen molar-refractivity contribution in [1.82, 2.24) is 30.7 Å². The Balaban J connectivity index is 0.0000243. The number of aliphatic hydroxyl groups excluding tert-OH is 2. The predicted octanol–water partition coefficient (Wildman–Crippen LogP) is 8.47. The molecule has 0 spiro atoms. The third-order valence-electron chi connectivity index (χ3n) is 23.9. The van der Waals surface area contributed by atoms with E-state index in [1.54, 1.807) is 81.9 Å². The second kappa shape index (κ2) is 58.7. The molecule has 9 rings (SSSR count). The summed E-state index contributed by atoms with van der Waals surface area (Å²) >= 11 is 0. The van der Waals surface area contributed by atoms with Gasteiger partial charge >= 0.3 is 12.2 Å². The summed E-state index contributed by atoms with van der Waals surface area (Å²) in [6, 6.07) is 15.9. The van der Waals surface area contributed by atoms with Crippen LogP contribution in [-0.2, 0) is 126 Å². The number of fused-ring (bicyclic) bond motifs is 4. The van der Waals surface area contributed by atoms with Crippen LogP contribution in [-0.4, -0.2) is 311 Å².